The normalized spacial score (nSPS) is 11.4. The molecular formula is C18H23NOS. The SMILES string of the molecule is COc1ccc(N)cc1CSc1ccc(C(C)(C)C)cc1. The van der Waals surface area contributed by atoms with Gasteiger partial charge in [-0.3, -0.25) is 0 Å². The molecule has 0 atom stereocenters. The number of benzene rings is 2. The summed E-state index contributed by atoms with van der Waals surface area (Å²) in [5.74, 6) is 1.74. The van der Waals surface area contributed by atoms with Gasteiger partial charge < -0.3 is 10.5 Å². The molecule has 3 heteroatoms. The number of hydrogen-bond donors (Lipinski definition) is 1. The Morgan fingerprint density at radius 2 is 1.71 bits per heavy atom. The molecule has 2 N–H and O–H groups in total. The molecule has 0 radical (unpaired) electrons. The van der Waals surface area contributed by atoms with E-state index in [1.54, 1.807) is 18.9 Å². The van der Waals surface area contributed by atoms with Gasteiger partial charge in [0.25, 0.3) is 0 Å². The smallest absolute Gasteiger partial charge is 0.123 e. The van der Waals surface area contributed by atoms with E-state index in [1.807, 2.05) is 18.2 Å². The Morgan fingerprint density at radius 3 is 2.29 bits per heavy atom. The van der Waals surface area contributed by atoms with Crippen LogP contribution in [0.15, 0.2) is 47.4 Å². The van der Waals surface area contributed by atoms with Crippen molar-refractivity contribution in [3.8, 4) is 5.75 Å². The van der Waals surface area contributed by atoms with Gasteiger partial charge in [0, 0.05) is 21.9 Å². The van der Waals surface area contributed by atoms with E-state index < -0.39 is 0 Å². The molecule has 0 saturated carbocycles. The summed E-state index contributed by atoms with van der Waals surface area (Å²) < 4.78 is 5.38. The first kappa shape index (κ1) is 15.8. The first-order chi connectivity index (χ1) is 9.90. The zero-order valence-corrected chi connectivity index (χ0v) is 14.0. The molecule has 0 aliphatic carbocycles. The fraction of sp³-hybridized carbons (Fsp3) is 0.333. The summed E-state index contributed by atoms with van der Waals surface area (Å²) in [4.78, 5) is 1.26. The van der Waals surface area contributed by atoms with Crippen molar-refractivity contribution < 1.29 is 4.74 Å². The van der Waals surface area contributed by atoms with Crippen molar-refractivity contribution in [2.75, 3.05) is 12.8 Å². The van der Waals surface area contributed by atoms with Crippen LogP contribution in [0, 0.1) is 0 Å². The molecule has 2 aromatic rings. The monoisotopic (exact) mass is 301 g/mol. The molecule has 21 heavy (non-hydrogen) atoms. The first-order valence-electron chi connectivity index (χ1n) is 7.06. The standard InChI is InChI=1S/C18H23NOS/c1-18(2,3)14-5-8-16(9-6-14)21-12-13-11-15(19)7-10-17(13)20-4/h5-11H,12,19H2,1-4H3. The first-order valence-corrected chi connectivity index (χ1v) is 8.04. The van der Waals surface area contributed by atoms with Crippen molar-refractivity contribution in [3.63, 3.8) is 0 Å². The number of hydrogen-bond acceptors (Lipinski definition) is 3. The van der Waals surface area contributed by atoms with Crippen molar-refractivity contribution in [1.82, 2.24) is 0 Å². The average molecular weight is 301 g/mol. The van der Waals surface area contributed by atoms with Crippen molar-refractivity contribution in [1.29, 1.82) is 0 Å². The minimum Gasteiger partial charge on any atom is -0.496 e. The Balaban J connectivity index is 2.08. The van der Waals surface area contributed by atoms with Gasteiger partial charge in [0.2, 0.25) is 0 Å². The Morgan fingerprint density at radius 1 is 1.05 bits per heavy atom. The van der Waals surface area contributed by atoms with Crippen LogP contribution in [0.5, 0.6) is 5.75 Å². The number of nitrogen functional groups attached to an aromatic ring is 1. The predicted molar refractivity (Wildman–Crippen MR) is 92.1 cm³/mol. The number of anilines is 1. The van der Waals surface area contributed by atoms with Crippen LogP contribution in [-0.2, 0) is 11.2 Å². The third-order valence-electron chi connectivity index (χ3n) is 3.42. The maximum absolute atomic E-state index is 5.85. The second kappa shape index (κ2) is 6.44. The van der Waals surface area contributed by atoms with E-state index in [1.165, 1.54) is 10.5 Å². The molecule has 2 aromatic carbocycles. The van der Waals surface area contributed by atoms with E-state index in [2.05, 4.69) is 45.0 Å². The second-order valence-electron chi connectivity index (χ2n) is 6.13. The van der Waals surface area contributed by atoms with Crippen LogP contribution in [0.2, 0.25) is 0 Å². The average Bonchev–Trinajstić information content (AvgIpc) is 2.45. The third-order valence-corrected chi connectivity index (χ3v) is 4.48. The van der Waals surface area contributed by atoms with E-state index in [0.717, 1.165) is 22.8 Å². The van der Waals surface area contributed by atoms with Gasteiger partial charge in [0.1, 0.15) is 5.75 Å². The molecular weight excluding hydrogens is 278 g/mol. The van der Waals surface area contributed by atoms with Crippen LogP contribution in [0.3, 0.4) is 0 Å². The van der Waals surface area contributed by atoms with Crippen molar-refractivity contribution in [3.05, 3.63) is 53.6 Å². The molecule has 0 aliphatic rings. The van der Waals surface area contributed by atoms with Gasteiger partial charge in [0.05, 0.1) is 7.11 Å². The molecule has 0 fully saturated rings. The molecule has 0 saturated heterocycles. The number of nitrogens with two attached hydrogens (primary N) is 1. The summed E-state index contributed by atoms with van der Waals surface area (Å²) in [5.41, 5.74) is 9.30. The summed E-state index contributed by atoms with van der Waals surface area (Å²) in [6.45, 7) is 6.69. The lowest BCUT2D eigenvalue weighted by Crippen LogP contribution is -2.10. The van der Waals surface area contributed by atoms with Crippen molar-refractivity contribution in [2.45, 2.75) is 36.8 Å². The maximum atomic E-state index is 5.85. The predicted octanol–water partition coefficient (Wildman–Crippen LogP) is 4.87. The summed E-state index contributed by atoms with van der Waals surface area (Å²) in [7, 11) is 1.69. The number of ether oxygens (including phenoxy) is 1. The van der Waals surface area contributed by atoms with Crippen LogP contribution in [0.4, 0.5) is 5.69 Å². The van der Waals surface area contributed by atoms with Crippen LogP contribution < -0.4 is 10.5 Å². The second-order valence-corrected chi connectivity index (χ2v) is 7.18. The molecule has 112 valence electrons. The maximum Gasteiger partial charge on any atom is 0.123 e. The molecule has 0 aromatic heterocycles. The fourth-order valence-electron chi connectivity index (χ4n) is 2.12. The van der Waals surface area contributed by atoms with E-state index in [-0.39, 0.29) is 5.41 Å². The Labute approximate surface area is 131 Å². The lowest BCUT2D eigenvalue weighted by molar-refractivity contribution is 0.411. The van der Waals surface area contributed by atoms with Crippen molar-refractivity contribution in [2.24, 2.45) is 0 Å². The third kappa shape index (κ3) is 4.18. The van der Waals surface area contributed by atoms with E-state index >= 15 is 0 Å². The topological polar surface area (TPSA) is 35.2 Å². The molecule has 2 rings (SSSR count). The van der Waals surface area contributed by atoms with Gasteiger partial charge in [-0.15, -0.1) is 11.8 Å². The highest BCUT2D eigenvalue weighted by Gasteiger charge is 2.13. The zero-order valence-electron chi connectivity index (χ0n) is 13.1. The van der Waals surface area contributed by atoms with Gasteiger partial charge >= 0.3 is 0 Å². The summed E-state index contributed by atoms with van der Waals surface area (Å²) in [5, 5.41) is 0. The number of methoxy groups -OCH3 is 1. The van der Waals surface area contributed by atoms with Crippen LogP contribution in [-0.4, -0.2) is 7.11 Å². The molecule has 2 nitrogen and oxygen atoms in total. The van der Waals surface area contributed by atoms with E-state index in [9.17, 15) is 0 Å². The largest absolute Gasteiger partial charge is 0.496 e. The summed E-state index contributed by atoms with van der Waals surface area (Å²) >= 11 is 1.80. The lowest BCUT2D eigenvalue weighted by Gasteiger charge is -2.19. The summed E-state index contributed by atoms with van der Waals surface area (Å²) in [6.07, 6.45) is 0. The van der Waals surface area contributed by atoms with Crippen LogP contribution >= 0.6 is 11.8 Å². The zero-order chi connectivity index (χ0) is 15.5. The molecule has 0 aliphatic heterocycles. The van der Waals surface area contributed by atoms with E-state index in [0.29, 0.717) is 0 Å². The Hall–Kier alpha value is -1.61. The minimum atomic E-state index is 0.195. The van der Waals surface area contributed by atoms with Crippen LogP contribution in [0.25, 0.3) is 0 Å². The van der Waals surface area contributed by atoms with Gasteiger partial charge in [-0.05, 0) is 41.3 Å². The Bertz CT molecular complexity index is 600. The highest BCUT2D eigenvalue weighted by atomic mass is 32.2. The lowest BCUT2D eigenvalue weighted by atomic mass is 9.87. The van der Waals surface area contributed by atoms with Crippen molar-refractivity contribution >= 4 is 17.4 Å². The van der Waals surface area contributed by atoms with Gasteiger partial charge in [-0.25, -0.2) is 0 Å². The van der Waals surface area contributed by atoms with E-state index in [4.69, 9.17) is 10.5 Å². The molecule has 0 bridgehead atoms. The quantitative estimate of drug-likeness (QED) is 0.646. The van der Waals surface area contributed by atoms with Crippen LogP contribution in [0.1, 0.15) is 31.9 Å². The Kier molecular flexibility index (Phi) is 4.84. The van der Waals surface area contributed by atoms with Gasteiger partial charge in [-0.2, -0.15) is 0 Å². The fourth-order valence-corrected chi connectivity index (χ4v) is 3.00. The molecule has 0 unspecified atom stereocenters. The minimum absolute atomic E-state index is 0.195. The molecule has 0 spiro atoms. The highest BCUT2D eigenvalue weighted by Crippen LogP contribution is 2.31. The summed E-state index contributed by atoms with van der Waals surface area (Å²) in [6, 6.07) is 14.6. The number of rotatable bonds is 4. The molecule has 0 heterocycles. The van der Waals surface area contributed by atoms with Gasteiger partial charge in [-0.1, -0.05) is 32.9 Å². The van der Waals surface area contributed by atoms with Gasteiger partial charge in [0.15, 0.2) is 0 Å². The number of thioether (sulfide) groups is 1. The molecule has 0 amide bonds. The highest BCUT2D eigenvalue weighted by molar-refractivity contribution is 7.98.